The zero-order valence-corrected chi connectivity index (χ0v) is 15.1. The molecule has 3 rings (SSSR count). The van der Waals surface area contributed by atoms with Crippen LogP contribution in [-0.4, -0.2) is 30.1 Å². The van der Waals surface area contributed by atoms with Gasteiger partial charge in [-0.2, -0.15) is 0 Å². The number of rotatable bonds is 10. The Morgan fingerprint density at radius 2 is 1.77 bits per heavy atom. The van der Waals surface area contributed by atoms with E-state index in [9.17, 15) is 9.18 Å². The van der Waals surface area contributed by atoms with Gasteiger partial charge in [0.05, 0.1) is 6.61 Å². The third-order valence-corrected chi connectivity index (χ3v) is 4.66. The number of halogens is 1. The topological polar surface area (TPSA) is 29.5 Å². The fourth-order valence-corrected chi connectivity index (χ4v) is 3.02. The van der Waals surface area contributed by atoms with Crippen molar-refractivity contribution in [3.05, 3.63) is 71.5 Å². The van der Waals surface area contributed by atoms with Gasteiger partial charge in [-0.25, -0.2) is 4.39 Å². The lowest BCUT2D eigenvalue weighted by Crippen LogP contribution is -2.32. The summed E-state index contributed by atoms with van der Waals surface area (Å²) in [5.41, 5.74) is 1.85. The smallest absolute Gasteiger partial charge is 0.223 e. The Morgan fingerprint density at radius 1 is 1.04 bits per heavy atom. The Bertz CT molecular complexity index is 700. The van der Waals surface area contributed by atoms with E-state index in [-0.39, 0.29) is 17.8 Å². The van der Waals surface area contributed by atoms with E-state index in [2.05, 4.69) is 12.1 Å². The summed E-state index contributed by atoms with van der Waals surface area (Å²) in [5, 5.41) is 0. The van der Waals surface area contributed by atoms with E-state index >= 15 is 0 Å². The predicted octanol–water partition coefficient (Wildman–Crippen LogP) is 4.36. The average Bonchev–Trinajstić information content (AvgIpc) is 3.49. The molecule has 0 aromatic heterocycles. The van der Waals surface area contributed by atoms with Crippen molar-refractivity contribution in [2.75, 3.05) is 13.2 Å². The Hall–Kier alpha value is -2.20. The van der Waals surface area contributed by atoms with E-state index in [4.69, 9.17) is 4.74 Å². The number of ether oxygens (including phenoxy) is 1. The van der Waals surface area contributed by atoms with Gasteiger partial charge in [-0.1, -0.05) is 48.5 Å². The van der Waals surface area contributed by atoms with Gasteiger partial charge < -0.3 is 9.64 Å². The summed E-state index contributed by atoms with van der Waals surface area (Å²) in [6.07, 6.45) is 4.09. The Morgan fingerprint density at radius 3 is 2.50 bits per heavy atom. The van der Waals surface area contributed by atoms with Crippen molar-refractivity contribution >= 4 is 5.91 Å². The molecular weight excluding hydrogens is 329 g/mol. The van der Waals surface area contributed by atoms with Crippen LogP contribution >= 0.6 is 0 Å². The third-order valence-electron chi connectivity index (χ3n) is 4.66. The highest BCUT2D eigenvalue weighted by Gasteiger charge is 2.32. The molecule has 0 aliphatic heterocycles. The minimum atomic E-state index is -0.241. The maximum absolute atomic E-state index is 13.9. The van der Waals surface area contributed by atoms with Crippen LogP contribution in [0.3, 0.4) is 0 Å². The lowest BCUT2D eigenvalue weighted by atomic mass is 10.1. The molecule has 0 atom stereocenters. The lowest BCUT2D eigenvalue weighted by molar-refractivity contribution is -0.132. The molecule has 2 aromatic carbocycles. The van der Waals surface area contributed by atoms with E-state index in [0.717, 1.165) is 19.3 Å². The molecule has 1 saturated carbocycles. The molecule has 26 heavy (non-hydrogen) atoms. The predicted molar refractivity (Wildman–Crippen MR) is 100 cm³/mol. The number of carbonyl (C=O) groups excluding carboxylic acids is 1. The average molecular weight is 355 g/mol. The number of benzene rings is 2. The van der Waals surface area contributed by atoms with Crippen molar-refractivity contribution in [2.24, 2.45) is 0 Å². The summed E-state index contributed by atoms with van der Waals surface area (Å²) in [6, 6.07) is 17.2. The van der Waals surface area contributed by atoms with Crippen LogP contribution in [-0.2, 0) is 22.5 Å². The first-order chi connectivity index (χ1) is 12.7. The lowest BCUT2D eigenvalue weighted by Gasteiger charge is -2.23. The van der Waals surface area contributed by atoms with Crippen molar-refractivity contribution in [2.45, 2.75) is 44.7 Å². The molecule has 2 aromatic rings. The van der Waals surface area contributed by atoms with Gasteiger partial charge in [-0.3, -0.25) is 4.79 Å². The zero-order chi connectivity index (χ0) is 18.2. The molecule has 1 amide bonds. The molecule has 138 valence electrons. The molecular formula is C22H26FNO2. The fourth-order valence-electron chi connectivity index (χ4n) is 3.02. The van der Waals surface area contributed by atoms with Gasteiger partial charge >= 0.3 is 0 Å². The summed E-state index contributed by atoms with van der Waals surface area (Å²) in [4.78, 5) is 14.4. The van der Waals surface area contributed by atoms with Gasteiger partial charge in [-0.15, -0.1) is 0 Å². The van der Waals surface area contributed by atoms with E-state index in [1.165, 1.54) is 11.6 Å². The SMILES string of the molecule is O=C(CCCOCCc1ccccc1)N(Cc1ccccc1F)C1CC1. The first-order valence-electron chi connectivity index (χ1n) is 9.38. The van der Waals surface area contributed by atoms with Crippen LogP contribution < -0.4 is 0 Å². The van der Waals surface area contributed by atoms with Crippen molar-refractivity contribution in [1.82, 2.24) is 4.90 Å². The molecule has 1 aliphatic rings. The van der Waals surface area contributed by atoms with Crippen LogP contribution in [0.15, 0.2) is 54.6 Å². The molecule has 0 unspecified atom stereocenters. The monoisotopic (exact) mass is 355 g/mol. The van der Waals surface area contributed by atoms with E-state index in [1.54, 1.807) is 12.1 Å². The van der Waals surface area contributed by atoms with Crippen molar-refractivity contribution < 1.29 is 13.9 Å². The van der Waals surface area contributed by atoms with Crippen LogP contribution in [0.1, 0.15) is 36.8 Å². The number of hydrogen-bond donors (Lipinski definition) is 0. The van der Waals surface area contributed by atoms with Crippen LogP contribution in [0, 0.1) is 5.82 Å². The first-order valence-corrected chi connectivity index (χ1v) is 9.38. The third kappa shape index (κ3) is 5.67. The molecule has 0 N–H and O–H groups in total. The minimum Gasteiger partial charge on any atom is -0.381 e. The largest absolute Gasteiger partial charge is 0.381 e. The number of hydrogen-bond acceptors (Lipinski definition) is 2. The highest BCUT2D eigenvalue weighted by Crippen LogP contribution is 2.29. The number of amides is 1. The minimum absolute atomic E-state index is 0.0995. The second kappa shape index (κ2) is 9.48. The molecule has 3 nitrogen and oxygen atoms in total. The van der Waals surface area contributed by atoms with Gasteiger partial charge in [-0.05, 0) is 37.3 Å². The first kappa shape index (κ1) is 18.6. The fraction of sp³-hybridized carbons (Fsp3) is 0.409. The van der Waals surface area contributed by atoms with Crippen LogP contribution in [0.5, 0.6) is 0 Å². The van der Waals surface area contributed by atoms with Gasteiger partial charge in [0.15, 0.2) is 0 Å². The maximum atomic E-state index is 13.9. The van der Waals surface area contributed by atoms with E-state index < -0.39 is 0 Å². The molecule has 1 fully saturated rings. The molecule has 1 aliphatic carbocycles. The normalized spacial score (nSPS) is 13.6. The van der Waals surface area contributed by atoms with Crippen molar-refractivity contribution in [1.29, 1.82) is 0 Å². The molecule has 0 spiro atoms. The quantitative estimate of drug-likeness (QED) is 0.593. The summed E-state index contributed by atoms with van der Waals surface area (Å²) in [7, 11) is 0. The van der Waals surface area contributed by atoms with Gasteiger partial charge in [0, 0.05) is 31.2 Å². The molecule has 4 heteroatoms. The summed E-state index contributed by atoms with van der Waals surface area (Å²) in [6.45, 7) is 1.61. The maximum Gasteiger partial charge on any atom is 0.223 e. The Labute approximate surface area is 154 Å². The van der Waals surface area contributed by atoms with Gasteiger partial charge in [0.25, 0.3) is 0 Å². The Kier molecular flexibility index (Phi) is 6.78. The van der Waals surface area contributed by atoms with Crippen molar-refractivity contribution in [3.63, 3.8) is 0 Å². The van der Waals surface area contributed by atoms with Gasteiger partial charge in [0.2, 0.25) is 5.91 Å². The highest BCUT2D eigenvalue weighted by atomic mass is 19.1. The number of carbonyl (C=O) groups is 1. The summed E-state index contributed by atoms with van der Waals surface area (Å²) < 4.78 is 19.5. The molecule has 0 bridgehead atoms. The number of nitrogens with zero attached hydrogens (tertiary/aromatic N) is 1. The standard InChI is InChI=1S/C22H26FNO2/c23-21-10-5-4-9-19(21)17-24(20-12-13-20)22(25)11-6-15-26-16-14-18-7-2-1-3-8-18/h1-5,7-10,20H,6,11-17H2. The van der Waals surface area contributed by atoms with E-state index in [0.29, 0.717) is 38.2 Å². The zero-order valence-electron chi connectivity index (χ0n) is 15.1. The molecule has 0 saturated heterocycles. The van der Waals surface area contributed by atoms with Crippen molar-refractivity contribution in [3.8, 4) is 0 Å². The van der Waals surface area contributed by atoms with Gasteiger partial charge in [0.1, 0.15) is 5.82 Å². The highest BCUT2D eigenvalue weighted by molar-refractivity contribution is 5.76. The van der Waals surface area contributed by atoms with E-state index in [1.807, 2.05) is 29.2 Å². The Balaban J connectivity index is 1.38. The summed E-state index contributed by atoms with van der Waals surface area (Å²) in [5.74, 6) is -0.141. The summed E-state index contributed by atoms with van der Waals surface area (Å²) >= 11 is 0. The van der Waals surface area contributed by atoms with Crippen LogP contribution in [0.25, 0.3) is 0 Å². The molecule has 0 heterocycles. The second-order valence-corrected chi connectivity index (χ2v) is 6.80. The van der Waals surface area contributed by atoms with Crippen LogP contribution in [0.4, 0.5) is 4.39 Å². The molecule has 0 radical (unpaired) electrons. The second-order valence-electron chi connectivity index (χ2n) is 6.80. The van der Waals surface area contributed by atoms with Crippen LogP contribution in [0.2, 0.25) is 0 Å².